The summed E-state index contributed by atoms with van der Waals surface area (Å²) in [6.45, 7) is 1.34. The monoisotopic (exact) mass is 292 g/mol. The maximum atomic E-state index is 11.3. The second kappa shape index (κ2) is 5.02. The fourth-order valence-corrected chi connectivity index (χ4v) is 2.29. The average molecular weight is 292 g/mol. The van der Waals surface area contributed by atoms with Crippen molar-refractivity contribution in [2.75, 3.05) is 24.5 Å². The van der Waals surface area contributed by atoms with Crippen molar-refractivity contribution in [3.8, 4) is 0 Å². The highest BCUT2D eigenvalue weighted by molar-refractivity contribution is 5.80. The number of carboxylic acids is 1. The summed E-state index contributed by atoms with van der Waals surface area (Å²) in [5, 5.41) is 23.0. The van der Waals surface area contributed by atoms with Gasteiger partial charge >= 0.3 is 5.97 Å². The van der Waals surface area contributed by atoms with E-state index in [1.165, 1.54) is 18.2 Å². The van der Waals surface area contributed by atoms with Crippen molar-refractivity contribution < 1.29 is 19.2 Å². The molecule has 2 N–H and O–H groups in total. The van der Waals surface area contributed by atoms with Crippen molar-refractivity contribution in [1.29, 1.82) is 0 Å². The van der Waals surface area contributed by atoms with E-state index in [1.54, 1.807) is 4.90 Å². The van der Waals surface area contributed by atoms with E-state index in [-0.39, 0.29) is 18.2 Å². The molecule has 1 aromatic carbocycles. The molecule has 0 radical (unpaired) electrons. The van der Waals surface area contributed by atoms with E-state index >= 15 is 0 Å². The normalized spacial score (nSPS) is 18.9. The number of nitro groups is 1. The molecule has 1 fully saturated rings. The number of hydrogen-bond donors (Lipinski definition) is 2. The van der Waals surface area contributed by atoms with E-state index < -0.39 is 16.9 Å². The lowest BCUT2D eigenvalue weighted by Gasteiger charge is -2.31. The van der Waals surface area contributed by atoms with Crippen LogP contribution in [0.5, 0.6) is 0 Å². The molecule has 0 saturated carbocycles. The number of piperazine rings is 1. The number of benzene rings is 1. The van der Waals surface area contributed by atoms with E-state index in [2.05, 4.69) is 10.3 Å². The van der Waals surface area contributed by atoms with Crippen LogP contribution >= 0.6 is 0 Å². The minimum atomic E-state index is -0.976. The number of nitrogens with one attached hydrogen (secondary N) is 1. The van der Waals surface area contributed by atoms with Crippen molar-refractivity contribution in [3.05, 3.63) is 28.3 Å². The standard InChI is InChI=1S/C12H12N4O5/c17-11(18)9-6-13-3-4-15(9)12-14-8-5-7(16(19)20)1-2-10(8)21-12/h1-2,5,9,13H,3-4,6H2,(H,17,18)/t9-/m1/s1. The number of carbonyl (C=O) groups is 1. The summed E-state index contributed by atoms with van der Waals surface area (Å²) in [6.07, 6.45) is 0. The van der Waals surface area contributed by atoms with Gasteiger partial charge in [-0.2, -0.15) is 4.98 Å². The van der Waals surface area contributed by atoms with Crippen molar-refractivity contribution in [1.82, 2.24) is 10.3 Å². The number of aromatic nitrogens is 1. The van der Waals surface area contributed by atoms with Crippen LogP contribution in [0, 0.1) is 10.1 Å². The first kappa shape index (κ1) is 13.3. The maximum Gasteiger partial charge on any atom is 0.327 e. The van der Waals surface area contributed by atoms with Crippen LogP contribution in [0.1, 0.15) is 0 Å². The first-order valence-corrected chi connectivity index (χ1v) is 6.31. The third-order valence-electron chi connectivity index (χ3n) is 3.34. The fourth-order valence-electron chi connectivity index (χ4n) is 2.29. The van der Waals surface area contributed by atoms with Crippen LogP contribution < -0.4 is 10.2 Å². The fraction of sp³-hybridized carbons (Fsp3) is 0.333. The molecule has 0 aliphatic carbocycles. The second-order valence-corrected chi connectivity index (χ2v) is 4.66. The van der Waals surface area contributed by atoms with Gasteiger partial charge < -0.3 is 19.7 Å². The topological polar surface area (TPSA) is 122 Å². The quantitative estimate of drug-likeness (QED) is 0.623. The van der Waals surface area contributed by atoms with Gasteiger partial charge in [0.25, 0.3) is 11.7 Å². The molecular weight excluding hydrogens is 280 g/mol. The zero-order chi connectivity index (χ0) is 15.0. The lowest BCUT2D eigenvalue weighted by Crippen LogP contribution is -2.55. The van der Waals surface area contributed by atoms with Crippen LogP contribution in [0.2, 0.25) is 0 Å². The maximum absolute atomic E-state index is 11.3. The van der Waals surface area contributed by atoms with Gasteiger partial charge in [0.1, 0.15) is 11.6 Å². The van der Waals surface area contributed by atoms with Gasteiger partial charge in [-0.3, -0.25) is 10.1 Å². The number of non-ortho nitro benzene ring substituents is 1. The molecule has 9 nitrogen and oxygen atoms in total. The van der Waals surface area contributed by atoms with E-state index in [0.717, 1.165) is 0 Å². The van der Waals surface area contributed by atoms with Crippen LogP contribution in [0.4, 0.5) is 11.7 Å². The van der Waals surface area contributed by atoms with Gasteiger partial charge in [-0.1, -0.05) is 0 Å². The number of nitro benzene ring substituents is 1. The minimum absolute atomic E-state index is 0.0857. The predicted molar refractivity (Wildman–Crippen MR) is 72.3 cm³/mol. The molecule has 2 aromatic rings. The Morgan fingerprint density at radius 1 is 1.57 bits per heavy atom. The smallest absolute Gasteiger partial charge is 0.327 e. The Labute approximate surface area is 118 Å². The third kappa shape index (κ3) is 2.38. The predicted octanol–water partition coefficient (Wildman–Crippen LogP) is 0.599. The minimum Gasteiger partial charge on any atom is -0.480 e. The highest BCUT2D eigenvalue weighted by atomic mass is 16.6. The Morgan fingerprint density at radius 2 is 2.38 bits per heavy atom. The van der Waals surface area contributed by atoms with Crippen molar-refractivity contribution in [3.63, 3.8) is 0 Å². The number of nitrogens with zero attached hydrogens (tertiary/aromatic N) is 3. The van der Waals surface area contributed by atoms with E-state index in [1.807, 2.05) is 0 Å². The summed E-state index contributed by atoms with van der Waals surface area (Å²) in [6, 6.07) is 3.48. The molecular formula is C12H12N4O5. The zero-order valence-corrected chi connectivity index (χ0v) is 10.9. The Kier molecular flexibility index (Phi) is 3.18. The first-order chi connectivity index (χ1) is 10.1. The van der Waals surface area contributed by atoms with Gasteiger partial charge in [0.15, 0.2) is 5.58 Å². The summed E-state index contributed by atoms with van der Waals surface area (Å²) in [7, 11) is 0. The van der Waals surface area contributed by atoms with E-state index in [0.29, 0.717) is 24.2 Å². The summed E-state index contributed by atoms with van der Waals surface area (Å²) >= 11 is 0. The molecule has 0 spiro atoms. The van der Waals surface area contributed by atoms with Crippen molar-refractivity contribution in [2.24, 2.45) is 0 Å². The van der Waals surface area contributed by atoms with Gasteiger partial charge in [0.05, 0.1) is 4.92 Å². The number of oxazole rings is 1. The van der Waals surface area contributed by atoms with Gasteiger partial charge in [0.2, 0.25) is 0 Å². The average Bonchev–Trinajstić information content (AvgIpc) is 2.89. The highest BCUT2D eigenvalue weighted by Crippen LogP contribution is 2.26. The molecule has 1 aromatic heterocycles. The molecule has 0 unspecified atom stereocenters. The summed E-state index contributed by atoms with van der Waals surface area (Å²) in [5.41, 5.74) is 0.637. The Morgan fingerprint density at radius 3 is 3.10 bits per heavy atom. The number of fused-ring (bicyclic) bond motifs is 1. The lowest BCUT2D eigenvalue weighted by atomic mass is 10.2. The second-order valence-electron chi connectivity index (χ2n) is 4.66. The Balaban J connectivity index is 1.99. The van der Waals surface area contributed by atoms with E-state index in [9.17, 15) is 20.0 Å². The van der Waals surface area contributed by atoms with E-state index in [4.69, 9.17) is 4.42 Å². The number of aliphatic carboxylic acids is 1. The van der Waals surface area contributed by atoms with Crippen molar-refractivity contribution >= 4 is 28.8 Å². The van der Waals surface area contributed by atoms with Crippen LogP contribution in [0.3, 0.4) is 0 Å². The number of anilines is 1. The van der Waals surface area contributed by atoms with Crippen LogP contribution in [-0.2, 0) is 4.79 Å². The SMILES string of the molecule is O=C(O)[C@H]1CNCCN1c1nc2cc([N+](=O)[O-])ccc2o1. The summed E-state index contributed by atoms with van der Waals surface area (Å²) in [5.74, 6) is -0.976. The zero-order valence-electron chi connectivity index (χ0n) is 10.9. The van der Waals surface area contributed by atoms with Gasteiger partial charge in [0, 0.05) is 31.8 Å². The molecule has 1 aliphatic heterocycles. The summed E-state index contributed by atoms with van der Waals surface area (Å²) in [4.78, 5) is 27.2. The molecule has 2 heterocycles. The molecule has 0 bridgehead atoms. The first-order valence-electron chi connectivity index (χ1n) is 6.31. The number of hydrogen-bond acceptors (Lipinski definition) is 7. The molecule has 9 heteroatoms. The molecule has 3 rings (SSSR count). The highest BCUT2D eigenvalue weighted by Gasteiger charge is 2.31. The molecule has 21 heavy (non-hydrogen) atoms. The molecule has 0 amide bonds. The Bertz CT molecular complexity index is 713. The van der Waals surface area contributed by atoms with Crippen LogP contribution in [-0.4, -0.2) is 46.7 Å². The number of carboxylic acid groups (broad SMARTS) is 1. The molecule has 1 atom stereocenters. The molecule has 1 saturated heterocycles. The number of rotatable bonds is 3. The van der Waals surface area contributed by atoms with Crippen LogP contribution in [0.15, 0.2) is 22.6 Å². The largest absolute Gasteiger partial charge is 0.480 e. The van der Waals surface area contributed by atoms with Crippen LogP contribution in [0.25, 0.3) is 11.1 Å². The molecule has 1 aliphatic rings. The van der Waals surface area contributed by atoms with Gasteiger partial charge in [-0.15, -0.1) is 0 Å². The lowest BCUT2D eigenvalue weighted by molar-refractivity contribution is -0.384. The van der Waals surface area contributed by atoms with Gasteiger partial charge in [-0.25, -0.2) is 4.79 Å². The Hall–Kier alpha value is -2.68. The third-order valence-corrected chi connectivity index (χ3v) is 3.34. The summed E-state index contributed by atoms with van der Waals surface area (Å²) < 4.78 is 5.52. The van der Waals surface area contributed by atoms with Gasteiger partial charge in [-0.05, 0) is 6.07 Å². The van der Waals surface area contributed by atoms with Crippen molar-refractivity contribution in [2.45, 2.75) is 6.04 Å². The molecule has 110 valence electrons.